The van der Waals surface area contributed by atoms with Crippen molar-refractivity contribution in [3.05, 3.63) is 59.9 Å². The van der Waals surface area contributed by atoms with E-state index in [0.717, 1.165) is 0 Å². The quantitative estimate of drug-likeness (QED) is 0.838. The standard InChI is InChI=1S/C17H17FN2O2S/c1-11(2)22-13-7-5-6-12(10-13)19-17(23)20-16(21)14-8-3-4-9-15(14)18/h3-11H,1-2H3,(H2,19,20,21,23). The first-order valence-corrected chi connectivity index (χ1v) is 7.50. The zero-order valence-corrected chi connectivity index (χ0v) is 13.6. The molecule has 0 radical (unpaired) electrons. The van der Waals surface area contributed by atoms with Gasteiger partial charge in [0.05, 0.1) is 11.7 Å². The predicted molar refractivity (Wildman–Crippen MR) is 92.3 cm³/mol. The molecule has 0 saturated carbocycles. The van der Waals surface area contributed by atoms with E-state index in [1.807, 2.05) is 19.9 Å². The Morgan fingerprint density at radius 2 is 1.91 bits per heavy atom. The Labute approximate surface area is 139 Å². The minimum Gasteiger partial charge on any atom is -0.491 e. The summed E-state index contributed by atoms with van der Waals surface area (Å²) in [7, 11) is 0. The van der Waals surface area contributed by atoms with Gasteiger partial charge in [-0.25, -0.2) is 4.39 Å². The second-order valence-corrected chi connectivity index (χ2v) is 5.49. The van der Waals surface area contributed by atoms with Crippen LogP contribution in [0.5, 0.6) is 5.75 Å². The van der Waals surface area contributed by atoms with Gasteiger partial charge in [0.25, 0.3) is 5.91 Å². The third-order valence-corrected chi connectivity index (χ3v) is 3.01. The van der Waals surface area contributed by atoms with Gasteiger partial charge in [0.15, 0.2) is 5.11 Å². The molecule has 0 atom stereocenters. The lowest BCUT2D eigenvalue weighted by Crippen LogP contribution is -2.34. The number of rotatable bonds is 4. The fourth-order valence-corrected chi connectivity index (χ4v) is 2.11. The van der Waals surface area contributed by atoms with Crippen LogP contribution in [0, 0.1) is 5.82 Å². The fraction of sp³-hybridized carbons (Fsp3) is 0.176. The molecule has 2 rings (SSSR count). The average molecular weight is 332 g/mol. The van der Waals surface area contributed by atoms with E-state index in [1.54, 1.807) is 24.3 Å². The van der Waals surface area contributed by atoms with Crippen molar-refractivity contribution in [3.63, 3.8) is 0 Å². The number of hydrogen-bond donors (Lipinski definition) is 2. The fourth-order valence-electron chi connectivity index (χ4n) is 1.90. The Hall–Kier alpha value is -2.47. The van der Waals surface area contributed by atoms with Crippen LogP contribution in [0.25, 0.3) is 0 Å². The van der Waals surface area contributed by atoms with Crippen LogP contribution in [-0.2, 0) is 0 Å². The molecule has 23 heavy (non-hydrogen) atoms. The lowest BCUT2D eigenvalue weighted by molar-refractivity contribution is 0.0974. The molecule has 6 heteroatoms. The molecule has 4 nitrogen and oxygen atoms in total. The van der Waals surface area contributed by atoms with Crippen molar-refractivity contribution < 1.29 is 13.9 Å². The molecule has 0 aromatic heterocycles. The van der Waals surface area contributed by atoms with Gasteiger partial charge in [-0.15, -0.1) is 0 Å². The van der Waals surface area contributed by atoms with Gasteiger partial charge in [0.2, 0.25) is 0 Å². The smallest absolute Gasteiger partial charge is 0.260 e. The highest BCUT2D eigenvalue weighted by molar-refractivity contribution is 7.80. The van der Waals surface area contributed by atoms with Crippen molar-refractivity contribution in [2.75, 3.05) is 5.32 Å². The van der Waals surface area contributed by atoms with Crippen molar-refractivity contribution in [2.45, 2.75) is 20.0 Å². The Balaban J connectivity index is 2.00. The molecule has 0 fully saturated rings. The van der Waals surface area contributed by atoms with Crippen LogP contribution in [0.3, 0.4) is 0 Å². The summed E-state index contributed by atoms with van der Waals surface area (Å²) in [4.78, 5) is 12.0. The highest BCUT2D eigenvalue weighted by atomic mass is 32.1. The minimum atomic E-state index is -0.602. The van der Waals surface area contributed by atoms with E-state index in [9.17, 15) is 9.18 Å². The summed E-state index contributed by atoms with van der Waals surface area (Å²) in [6.07, 6.45) is 0.0537. The van der Waals surface area contributed by atoms with Crippen molar-refractivity contribution in [1.29, 1.82) is 0 Å². The number of halogens is 1. The molecule has 1 amide bonds. The third-order valence-electron chi connectivity index (χ3n) is 2.81. The molecule has 2 aromatic rings. The second-order valence-electron chi connectivity index (χ2n) is 5.08. The first-order valence-electron chi connectivity index (χ1n) is 7.09. The number of carbonyl (C=O) groups is 1. The van der Waals surface area contributed by atoms with Crippen LogP contribution in [-0.4, -0.2) is 17.1 Å². The van der Waals surface area contributed by atoms with Crippen molar-refractivity contribution >= 4 is 28.9 Å². The van der Waals surface area contributed by atoms with Crippen LogP contribution in [0.4, 0.5) is 10.1 Å². The van der Waals surface area contributed by atoms with E-state index in [2.05, 4.69) is 10.6 Å². The first kappa shape index (κ1) is 16.9. The Morgan fingerprint density at radius 3 is 2.61 bits per heavy atom. The number of carbonyl (C=O) groups excluding carboxylic acids is 1. The molecule has 0 spiro atoms. The van der Waals surface area contributed by atoms with E-state index in [1.165, 1.54) is 18.2 Å². The number of thiocarbonyl (C=S) groups is 1. The van der Waals surface area contributed by atoms with Gasteiger partial charge in [0.1, 0.15) is 11.6 Å². The van der Waals surface area contributed by atoms with Gasteiger partial charge in [0, 0.05) is 11.8 Å². The van der Waals surface area contributed by atoms with E-state index >= 15 is 0 Å². The first-order chi connectivity index (χ1) is 11.0. The van der Waals surface area contributed by atoms with Gasteiger partial charge >= 0.3 is 0 Å². The third kappa shape index (κ3) is 5.03. The lowest BCUT2D eigenvalue weighted by Gasteiger charge is -2.13. The summed E-state index contributed by atoms with van der Waals surface area (Å²) in [5.41, 5.74) is 0.607. The largest absolute Gasteiger partial charge is 0.491 e. The van der Waals surface area contributed by atoms with Crippen molar-refractivity contribution in [3.8, 4) is 5.75 Å². The lowest BCUT2D eigenvalue weighted by atomic mass is 10.2. The summed E-state index contributed by atoms with van der Waals surface area (Å²) < 4.78 is 19.1. The van der Waals surface area contributed by atoms with Crippen LogP contribution in [0.1, 0.15) is 24.2 Å². The topological polar surface area (TPSA) is 50.4 Å². The Kier molecular flexibility index (Phi) is 5.65. The van der Waals surface area contributed by atoms with E-state index in [0.29, 0.717) is 11.4 Å². The highest BCUT2D eigenvalue weighted by Gasteiger charge is 2.12. The summed E-state index contributed by atoms with van der Waals surface area (Å²) in [6, 6.07) is 12.9. The van der Waals surface area contributed by atoms with Crippen LogP contribution in [0.15, 0.2) is 48.5 Å². The molecule has 0 aliphatic carbocycles. The maximum atomic E-state index is 13.6. The molecule has 0 unspecified atom stereocenters. The molecular weight excluding hydrogens is 315 g/mol. The maximum Gasteiger partial charge on any atom is 0.260 e. The normalized spacial score (nSPS) is 10.3. The number of benzene rings is 2. The molecular formula is C17H17FN2O2S. The van der Waals surface area contributed by atoms with E-state index in [4.69, 9.17) is 17.0 Å². The number of amides is 1. The number of hydrogen-bond acceptors (Lipinski definition) is 3. The van der Waals surface area contributed by atoms with Crippen molar-refractivity contribution in [1.82, 2.24) is 5.32 Å². The molecule has 120 valence electrons. The summed E-state index contributed by atoms with van der Waals surface area (Å²) >= 11 is 5.08. The maximum absolute atomic E-state index is 13.6. The number of anilines is 1. The van der Waals surface area contributed by atoms with Gasteiger partial charge in [-0.1, -0.05) is 18.2 Å². The molecule has 2 aromatic carbocycles. The molecule has 0 saturated heterocycles. The van der Waals surface area contributed by atoms with E-state index < -0.39 is 11.7 Å². The summed E-state index contributed by atoms with van der Waals surface area (Å²) in [6.45, 7) is 3.86. The average Bonchev–Trinajstić information content (AvgIpc) is 2.47. The molecule has 0 bridgehead atoms. The van der Waals surface area contributed by atoms with Gasteiger partial charge in [-0.05, 0) is 50.3 Å². The summed E-state index contributed by atoms with van der Waals surface area (Å²) in [5.74, 6) is -0.511. The van der Waals surface area contributed by atoms with Gasteiger partial charge in [-0.3, -0.25) is 10.1 Å². The Morgan fingerprint density at radius 1 is 1.17 bits per heavy atom. The predicted octanol–water partition coefficient (Wildman–Crippen LogP) is 3.74. The van der Waals surface area contributed by atoms with E-state index in [-0.39, 0.29) is 16.8 Å². The van der Waals surface area contributed by atoms with Crippen LogP contribution >= 0.6 is 12.2 Å². The molecule has 2 N–H and O–H groups in total. The zero-order chi connectivity index (χ0) is 16.8. The number of ether oxygens (including phenoxy) is 1. The zero-order valence-electron chi connectivity index (χ0n) is 12.8. The minimum absolute atomic E-state index is 0.0537. The SMILES string of the molecule is CC(C)Oc1cccc(NC(=S)NC(=O)c2ccccc2F)c1. The molecule has 0 aliphatic heterocycles. The van der Waals surface area contributed by atoms with Gasteiger partial charge in [-0.2, -0.15) is 0 Å². The molecule has 0 heterocycles. The second kappa shape index (κ2) is 7.69. The molecule has 0 aliphatic rings. The highest BCUT2D eigenvalue weighted by Crippen LogP contribution is 2.18. The van der Waals surface area contributed by atoms with Crippen LogP contribution < -0.4 is 15.4 Å². The van der Waals surface area contributed by atoms with Gasteiger partial charge < -0.3 is 10.1 Å². The van der Waals surface area contributed by atoms with Crippen LogP contribution in [0.2, 0.25) is 0 Å². The number of nitrogens with one attached hydrogen (secondary N) is 2. The summed E-state index contributed by atoms with van der Waals surface area (Å²) in [5, 5.41) is 5.40. The Bertz CT molecular complexity index is 719. The van der Waals surface area contributed by atoms with Crippen molar-refractivity contribution in [2.24, 2.45) is 0 Å². The monoisotopic (exact) mass is 332 g/mol.